The predicted molar refractivity (Wildman–Crippen MR) is 102 cm³/mol. The fourth-order valence-corrected chi connectivity index (χ4v) is 3.32. The zero-order valence-electron chi connectivity index (χ0n) is 15.4. The number of benzene rings is 1. The van der Waals surface area contributed by atoms with E-state index in [0.29, 0.717) is 42.5 Å². The van der Waals surface area contributed by atoms with Gasteiger partial charge >= 0.3 is 0 Å². The summed E-state index contributed by atoms with van der Waals surface area (Å²) in [7, 11) is 0. The van der Waals surface area contributed by atoms with Gasteiger partial charge in [-0.2, -0.15) is 0 Å². The molecule has 0 spiro atoms. The maximum Gasteiger partial charge on any atom is 0.289 e. The van der Waals surface area contributed by atoms with E-state index in [2.05, 4.69) is 5.32 Å². The molecule has 1 atom stereocenters. The number of hydrogen-bond donors (Lipinski definition) is 1. The largest absolute Gasteiger partial charge is 0.481 e. The molecule has 2 amide bonds. The predicted octanol–water partition coefficient (Wildman–Crippen LogP) is 3.43. The second kappa shape index (κ2) is 8.48. The van der Waals surface area contributed by atoms with Crippen molar-refractivity contribution in [1.29, 1.82) is 0 Å². The molecule has 1 aromatic carbocycles. The number of likely N-dealkylation sites (tertiary alicyclic amines) is 1. The number of nitrogens with zero attached hydrogens (tertiary/aromatic N) is 1. The smallest absolute Gasteiger partial charge is 0.289 e. The molecule has 27 heavy (non-hydrogen) atoms. The van der Waals surface area contributed by atoms with Crippen LogP contribution in [0.15, 0.2) is 41.0 Å². The molecule has 1 saturated heterocycles. The Morgan fingerprint density at radius 2 is 2.04 bits per heavy atom. The van der Waals surface area contributed by atoms with Gasteiger partial charge in [0.15, 0.2) is 11.9 Å². The summed E-state index contributed by atoms with van der Waals surface area (Å²) in [4.78, 5) is 26.5. The molecule has 1 aliphatic heterocycles. The molecule has 1 aromatic heterocycles. The number of piperidine rings is 1. The number of amides is 2. The number of rotatable bonds is 5. The molecule has 2 heterocycles. The summed E-state index contributed by atoms with van der Waals surface area (Å²) in [6.45, 7) is 4.77. The molecule has 0 bridgehead atoms. The van der Waals surface area contributed by atoms with Crippen molar-refractivity contribution in [3.63, 3.8) is 0 Å². The minimum absolute atomic E-state index is 0.0236. The zero-order valence-corrected chi connectivity index (χ0v) is 16.2. The monoisotopic (exact) mass is 390 g/mol. The van der Waals surface area contributed by atoms with Gasteiger partial charge in [-0.25, -0.2) is 0 Å². The molecule has 7 heteroatoms. The Balaban J connectivity index is 1.48. The van der Waals surface area contributed by atoms with Gasteiger partial charge in [-0.3, -0.25) is 9.59 Å². The Labute approximate surface area is 163 Å². The van der Waals surface area contributed by atoms with Crippen LogP contribution in [0.3, 0.4) is 0 Å². The van der Waals surface area contributed by atoms with E-state index in [-0.39, 0.29) is 17.9 Å². The van der Waals surface area contributed by atoms with Gasteiger partial charge in [-0.1, -0.05) is 11.6 Å². The minimum atomic E-state index is -0.618. The highest BCUT2D eigenvalue weighted by Crippen LogP contribution is 2.23. The van der Waals surface area contributed by atoms with Crippen molar-refractivity contribution in [2.24, 2.45) is 0 Å². The molecule has 0 unspecified atom stereocenters. The lowest BCUT2D eigenvalue weighted by molar-refractivity contribution is -0.128. The minimum Gasteiger partial charge on any atom is -0.481 e. The molecule has 3 rings (SSSR count). The van der Waals surface area contributed by atoms with Gasteiger partial charge in [-0.15, -0.1) is 0 Å². The van der Waals surface area contributed by atoms with Gasteiger partial charge in [0, 0.05) is 24.2 Å². The van der Waals surface area contributed by atoms with Gasteiger partial charge in [0.05, 0.1) is 6.26 Å². The third kappa shape index (κ3) is 4.83. The van der Waals surface area contributed by atoms with Gasteiger partial charge in [0.2, 0.25) is 0 Å². The lowest BCUT2D eigenvalue weighted by Gasteiger charge is -2.32. The van der Waals surface area contributed by atoms with Crippen LogP contribution in [0.1, 0.15) is 35.9 Å². The number of hydrogen-bond acceptors (Lipinski definition) is 4. The van der Waals surface area contributed by atoms with Crippen molar-refractivity contribution in [2.45, 2.75) is 38.8 Å². The SMILES string of the molecule is Cc1cc(Cl)ccc1O[C@@H](C)C(=O)NC1CCN(C(=O)c2ccco2)CC1. The van der Waals surface area contributed by atoms with Crippen molar-refractivity contribution in [1.82, 2.24) is 10.2 Å². The first-order chi connectivity index (χ1) is 12.9. The molecule has 1 fully saturated rings. The second-order valence-electron chi connectivity index (χ2n) is 6.72. The Morgan fingerprint density at radius 3 is 2.67 bits per heavy atom. The van der Waals surface area contributed by atoms with E-state index in [9.17, 15) is 9.59 Å². The number of carbonyl (C=O) groups excluding carboxylic acids is 2. The third-order valence-electron chi connectivity index (χ3n) is 4.67. The second-order valence-corrected chi connectivity index (χ2v) is 7.16. The van der Waals surface area contributed by atoms with Crippen LogP contribution in [0.2, 0.25) is 5.02 Å². The van der Waals surface area contributed by atoms with E-state index in [0.717, 1.165) is 5.56 Å². The Bertz CT molecular complexity index is 798. The molecule has 144 valence electrons. The summed E-state index contributed by atoms with van der Waals surface area (Å²) >= 11 is 5.94. The summed E-state index contributed by atoms with van der Waals surface area (Å²) < 4.78 is 10.9. The number of carbonyl (C=O) groups is 2. The molecule has 1 N–H and O–H groups in total. The van der Waals surface area contributed by atoms with Crippen LogP contribution in [0.25, 0.3) is 0 Å². The van der Waals surface area contributed by atoms with Crippen LogP contribution < -0.4 is 10.1 Å². The van der Waals surface area contributed by atoms with Gasteiger partial charge < -0.3 is 19.4 Å². The lowest BCUT2D eigenvalue weighted by atomic mass is 10.0. The van der Waals surface area contributed by atoms with Gasteiger partial charge in [0.1, 0.15) is 5.75 Å². The first-order valence-corrected chi connectivity index (χ1v) is 9.38. The average molecular weight is 391 g/mol. The molecular weight excluding hydrogens is 368 g/mol. The highest BCUT2D eigenvalue weighted by atomic mass is 35.5. The maximum atomic E-state index is 12.4. The summed E-state index contributed by atoms with van der Waals surface area (Å²) in [5.41, 5.74) is 0.881. The molecule has 0 saturated carbocycles. The zero-order chi connectivity index (χ0) is 19.4. The quantitative estimate of drug-likeness (QED) is 0.848. The topological polar surface area (TPSA) is 71.8 Å². The molecule has 6 nitrogen and oxygen atoms in total. The van der Waals surface area contributed by atoms with Crippen molar-refractivity contribution in [3.8, 4) is 5.75 Å². The highest BCUT2D eigenvalue weighted by Gasteiger charge is 2.27. The van der Waals surface area contributed by atoms with Crippen LogP contribution in [0.4, 0.5) is 0 Å². The first-order valence-electron chi connectivity index (χ1n) is 9.00. The van der Waals surface area contributed by atoms with Crippen molar-refractivity contribution in [2.75, 3.05) is 13.1 Å². The number of nitrogens with one attached hydrogen (secondary N) is 1. The maximum absolute atomic E-state index is 12.4. The number of aryl methyl sites for hydroxylation is 1. The normalized spacial score (nSPS) is 16.0. The van der Waals surface area contributed by atoms with Crippen molar-refractivity contribution in [3.05, 3.63) is 52.9 Å². The van der Waals surface area contributed by atoms with Crippen LogP contribution >= 0.6 is 11.6 Å². The summed E-state index contributed by atoms with van der Waals surface area (Å²) in [5.74, 6) is 0.707. The van der Waals surface area contributed by atoms with E-state index in [1.165, 1.54) is 6.26 Å². The summed E-state index contributed by atoms with van der Waals surface area (Å²) in [5, 5.41) is 3.64. The van der Waals surface area contributed by atoms with E-state index < -0.39 is 6.10 Å². The fourth-order valence-electron chi connectivity index (χ4n) is 3.09. The van der Waals surface area contributed by atoms with E-state index in [4.69, 9.17) is 20.8 Å². The summed E-state index contributed by atoms with van der Waals surface area (Å²) in [6, 6.07) is 8.68. The van der Waals surface area contributed by atoms with Crippen LogP contribution in [-0.2, 0) is 4.79 Å². The lowest BCUT2D eigenvalue weighted by Crippen LogP contribution is -2.49. The molecule has 2 aromatic rings. The number of ether oxygens (including phenoxy) is 1. The molecular formula is C20H23ClN2O4. The van der Waals surface area contributed by atoms with E-state index in [1.54, 1.807) is 42.2 Å². The highest BCUT2D eigenvalue weighted by molar-refractivity contribution is 6.30. The summed E-state index contributed by atoms with van der Waals surface area (Å²) in [6.07, 6.45) is 2.27. The van der Waals surface area contributed by atoms with Gasteiger partial charge in [-0.05, 0) is 62.6 Å². The van der Waals surface area contributed by atoms with Crippen LogP contribution in [-0.4, -0.2) is 41.9 Å². The van der Waals surface area contributed by atoms with Crippen LogP contribution in [0, 0.1) is 6.92 Å². The Morgan fingerprint density at radius 1 is 1.30 bits per heavy atom. The molecule has 0 aliphatic carbocycles. The average Bonchev–Trinajstić information content (AvgIpc) is 3.18. The van der Waals surface area contributed by atoms with Gasteiger partial charge in [0.25, 0.3) is 11.8 Å². The first kappa shape index (κ1) is 19.3. The van der Waals surface area contributed by atoms with Crippen molar-refractivity contribution >= 4 is 23.4 Å². The fraction of sp³-hybridized carbons (Fsp3) is 0.400. The molecule has 0 radical (unpaired) electrons. The Kier molecular flexibility index (Phi) is 6.06. The van der Waals surface area contributed by atoms with Crippen LogP contribution in [0.5, 0.6) is 5.75 Å². The van der Waals surface area contributed by atoms with E-state index >= 15 is 0 Å². The third-order valence-corrected chi connectivity index (χ3v) is 4.91. The Hall–Kier alpha value is -2.47. The number of furan rings is 1. The standard InChI is InChI=1S/C20H23ClN2O4/c1-13-12-15(21)5-6-17(13)27-14(2)19(24)22-16-7-9-23(10-8-16)20(25)18-4-3-11-26-18/h3-6,11-12,14,16H,7-10H2,1-2H3,(H,22,24)/t14-/m0/s1. The molecule has 1 aliphatic rings. The van der Waals surface area contributed by atoms with Crippen molar-refractivity contribution < 1.29 is 18.7 Å². The number of halogens is 1. The van der Waals surface area contributed by atoms with E-state index in [1.807, 2.05) is 6.92 Å².